The van der Waals surface area contributed by atoms with Gasteiger partial charge < -0.3 is 14.8 Å². The van der Waals surface area contributed by atoms with Crippen LogP contribution in [0.15, 0.2) is 77.7 Å². The Bertz CT molecular complexity index is 1010. The molecule has 0 fully saturated rings. The van der Waals surface area contributed by atoms with Crippen molar-refractivity contribution in [3.63, 3.8) is 0 Å². The van der Waals surface area contributed by atoms with Crippen LogP contribution in [0.5, 0.6) is 5.75 Å². The second kappa shape index (κ2) is 10.5. The number of halogens is 1. The first-order chi connectivity index (χ1) is 14.5. The molecule has 30 heavy (non-hydrogen) atoms. The summed E-state index contributed by atoms with van der Waals surface area (Å²) in [6.45, 7) is -0.257. The summed E-state index contributed by atoms with van der Waals surface area (Å²) < 4.78 is 23.8. The van der Waals surface area contributed by atoms with E-state index in [0.717, 1.165) is 10.5 Å². The standard InChI is InChI=1S/C23H20FNO4S/c1-30-19-12-10-18(11-13-19)25-22(26)15-29-23(27)20-4-2-3-5-21(20)28-14-16-6-8-17(24)9-7-16/h2-13H,14-15H2,1H3,(H,25,26). The minimum atomic E-state index is -0.669. The van der Waals surface area contributed by atoms with Crippen LogP contribution in [0, 0.1) is 5.82 Å². The SMILES string of the molecule is CSc1ccc(NC(=O)COC(=O)c2ccccc2OCc2ccc(F)cc2)cc1. The van der Waals surface area contributed by atoms with E-state index in [0.29, 0.717) is 11.4 Å². The fraction of sp³-hybridized carbons (Fsp3) is 0.130. The molecule has 0 heterocycles. The Morgan fingerprint density at radius 1 is 0.967 bits per heavy atom. The zero-order chi connectivity index (χ0) is 21.3. The lowest BCUT2D eigenvalue weighted by Gasteiger charge is -2.11. The predicted octanol–water partition coefficient (Wildman–Crippen LogP) is 4.92. The molecule has 0 bridgehead atoms. The second-order valence-corrected chi connectivity index (χ2v) is 7.14. The van der Waals surface area contributed by atoms with Gasteiger partial charge in [-0.15, -0.1) is 11.8 Å². The van der Waals surface area contributed by atoms with Crippen LogP contribution in [-0.4, -0.2) is 24.7 Å². The minimum Gasteiger partial charge on any atom is -0.488 e. The molecule has 0 saturated heterocycles. The number of ether oxygens (including phenoxy) is 2. The minimum absolute atomic E-state index is 0.164. The third-order valence-electron chi connectivity index (χ3n) is 4.12. The molecular weight excluding hydrogens is 405 g/mol. The van der Waals surface area contributed by atoms with Gasteiger partial charge in [-0.05, 0) is 60.4 Å². The maximum Gasteiger partial charge on any atom is 0.342 e. The number of rotatable bonds is 8. The maximum atomic E-state index is 13.0. The molecule has 1 N–H and O–H groups in total. The zero-order valence-corrected chi connectivity index (χ0v) is 17.1. The Kier molecular flexibility index (Phi) is 7.45. The Balaban J connectivity index is 1.55. The highest BCUT2D eigenvalue weighted by Gasteiger charge is 2.15. The molecule has 0 aliphatic heterocycles. The van der Waals surface area contributed by atoms with E-state index in [4.69, 9.17) is 9.47 Å². The lowest BCUT2D eigenvalue weighted by atomic mass is 10.2. The number of hydrogen-bond acceptors (Lipinski definition) is 5. The molecule has 5 nitrogen and oxygen atoms in total. The van der Waals surface area contributed by atoms with Crippen molar-refractivity contribution < 1.29 is 23.5 Å². The Labute approximate surface area is 178 Å². The van der Waals surface area contributed by atoms with E-state index in [9.17, 15) is 14.0 Å². The van der Waals surface area contributed by atoms with Crippen molar-refractivity contribution in [1.82, 2.24) is 0 Å². The van der Waals surface area contributed by atoms with Crippen molar-refractivity contribution in [2.24, 2.45) is 0 Å². The van der Waals surface area contributed by atoms with Gasteiger partial charge in [-0.1, -0.05) is 24.3 Å². The normalized spacial score (nSPS) is 10.3. The van der Waals surface area contributed by atoms with Crippen LogP contribution < -0.4 is 10.1 Å². The monoisotopic (exact) mass is 425 g/mol. The van der Waals surface area contributed by atoms with Crippen LogP contribution in [0.2, 0.25) is 0 Å². The van der Waals surface area contributed by atoms with E-state index in [1.54, 1.807) is 60.3 Å². The molecule has 0 aliphatic rings. The first-order valence-electron chi connectivity index (χ1n) is 9.12. The molecule has 0 spiro atoms. The highest BCUT2D eigenvalue weighted by Crippen LogP contribution is 2.21. The molecule has 154 valence electrons. The molecule has 0 atom stereocenters. The largest absolute Gasteiger partial charge is 0.488 e. The Hall–Kier alpha value is -3.32. The molecule has 0 saturated carbocycles. The summed E-state index contributed by atoms with van der Waals surface area (Å²) in [4.78, 5) is 25.6. The number of anilines is 1. The summed E-state index contributed by atoms with van der Waals surface area (Å²) in [7, 11) is 0. The van der Waals surface area contributed by atoms with E-state index in [1.165, 1.54) is 12.1 Å². The zero-order valence-electron chi connectivity index (χ0n) is 16.3. The summed E-state index contributed by atoms with van der Waals surface area (Å²) in [6, 6.07) is 19.8. The van der Waals surface area contributed by atoms with E-state index < -0.39 is 18.5 Å². The number of carbonyl (C=O) groups excluding carboxylic acids is 2. The molecular formula is C23H20FNO4S. The summed E-state index contributed by atoms with van der Waals surface area (Å²) >= 11 is 1.60. The van der Waals surface area contributed by atoms with Crippen LogP contribution in [0.3, 0.4) is 0 Å². The van der Waals surface area contributed by atoms with Crippen LogP contribution in [-0.2, 0) is 16.1 Å². The van der Waals surface area contributed by atoms with Gasteiger partial charge in [0.05, 0.1) is 0 Å². The van der Waals surface area contributed by atoms with Gasteiger partial charge in [0.15, 0.2) is 6.61 Å². The van der Waals surface area contributed by atoms with Crippen molar-refractivity contribution in [3.8, 4) is 5.75 Å². The number of benzene rings is 3. The number of amides is 1. The number of nitrogens with one attached hydrogen (secondary N) is 1. The van der Waals surface area contributed by atoms with Crippen molar-refractivity contribution in [2.75, 3.05) is 18.2 Å². The number of hydrogen-bond donors (Lipinski definition) is 1. The first-order valence-corrected chi connectivity index (χ1v) is 10.3. The summed E-state index contributed by atoms with van der Waals surface area (Å²) in [5.74, 6) is -1.12. The fourth-order valence-corrected chi connectivity index (χ4v) is 2.99. The van der Waals surface area contributed by atoms with Crippen LogP contribution >= 0.6 is 11.8 Å². The van der Waals surface area contributed by atoms with Crippen LogP contribution in [0.25, 0.3) is 0 Å². The average molecular weight is 425 g/mol. The van der Waals surface area contributed by atoms with Crippen molar-refractivity contribution in [2.45, 2.75) is 11.5 Å². The smallest absolute Gasteiger partial charge is 0.342 e. The van der Waals surface area contributed by atoms with Crippen LogP contribution in [0.4, 0.5) is 10.1 Å². The topological polar surface area (TPSA) is 64.6 Å². The number of carbonyl (C=O) groups is 2. The number of thioether (sulfide) groups is 1. The summed E-state index contributed by atoms with van der Waals surface area (Å²) in [5.41, 5.74) is 1.58. The van der Waals surface area contributed by atoms with E-state index >= 15 is 0 Å². The van der Waals surface area contributed by atoms with Gasteiger partial charge in [-0.2, -0.15) is 0 Å². The fourth-order valence-electron chi connectivity index (χ4n) is 2.58. The van der Waals surface area contributed by atoms with E-state index in [-0.39, 0.29) is 18.0 Å². The van der Waals surface area contributed by atoms with E-state index in [1.807, 2.05) is 18.4 Å². The quantitative estimate of drug-likeness (QED) is 0.410. The van der Waals surface area contributed by atoms with Gasteiger partial charge in [-0.25, -0.2) is 9.18 Å². The molecule has 3 aromatic carbocycles. The van der Waals surface area contributed by atoms with Gasteiger partial charge >= 0.3 is 5.97 Å². The highest BCUT2D eigenvalue weighted by molar-refractivity contribution is 7.98. The molecule has 7 heteroatoms. The van der Waals surface area contributed by atoms with Crippen molar-refractivity contribution in [3.05, 3.63) is 89.7 Å². The predicted molar refractivity (Wildman–Crippen MR) is 114 cm³/mol. The lowest BCUT2D eigenvalue weighted by molar-refractivity contribution is -0.119. The number of esters is 1. The average Bonchev–Trinajstić information content (AvgIpc) is 2.78. The lowest BCUT2D eigenvalue weighted by Crippen LogP contribution is -2.21. The molecule has 0 radical (unpaired) electrons. The number of para-hydroxylation sites is 1. The summed E-state index contributed by atoms with van der Waals surface area (Å²) in [6.07, 6.45) is 1.97. The summed E-state index contributed by atoms with van der Waals surface area (Å²) in [5, 5.41) is 2.68. The van der Waals surface area contributed by atoms with Crippen molar-refractivity contribution >= 4 is 29.3 Å². The van der Waals surface area contributed by atoms with E-state index in [2.05, 4.69) is 5.32 Å². The first kappa shape index (κ1) is 21.4. The molecule has 3 rings (SSSR count). The molecule has 3 aromatic rings. The molecule has 1 amide bonds. The maximum absolute atomic E-state index is 13.0. The second-order valence-electron chi connectivity index (χ2n) is 6.26. The third kappa shape index (κ3) is 6.09. The molecule has 0 aliphatic carbocycles. The van der Waals surface area contributed by atoms with Gasteiger partial charge in [0, 0.05) is 10.6 Å². The third-order valence-corrected chi connectivity index (χ3v) is 4.87. The van der Waals surface area contributed by atoms with Crippen LogP contribution in [0.1, 0.15) is 15.9 Å². The Morgan fingerprint density at radius 2 is 1.67 bits per heavy atom. The molecule has 0 aromatic heterocycles. The van der Waals surface area contributed by atoms with Gasteiger partial charge in [-0.3, -0.25) is 4.79 Å². The highest BCUT2D eigenvalue weighted by atomic mass is 32.2. The Morgan fingerprint density at radius 3 is 2.37 bits per heavy atom. The van der Waals surface area contributed by atoms with Gasteiger partial charge in [0.25, 0.3) is 5.91 Å². The van der Waals surface area contributed by atoms with Gasteiger partial charge in [0.1, 0.15) is 23.7 Å². The molecule has 0 unspecified atom stereocenters. The van der Waals surface area contributed by atoms with Crippen molar-refractivity contribution in [1.29, 1.82) is 0 Å². The van der Waals surface area contributed by atoms with Gasteiger partial charge in [0.2, 0.25) is 0 Å².